The Morgan fingerprint density at radius 3 is 2.89 bits per heavy atom. The number of terminal acetylenes is 1. The molecule has 0 aliphatic carbocycles. The molecule has 1 unspecified atom stereocenters. The van der Waals surface area contributed by atoms with Crippen molar-refractivity contribution < 1.29 is 9.53 Å². The second-order valence-electron chi connectivity index (χ2n) is 1.50. The lowest BCUT2D eigenvalue weighted by molar-refractivity contribution is -0.141. The van der Waals surface area contributed by atoms with Crippen LogP contribution in [-0.2, 0) is 9.53 Å². The van der Waals surface area contributed by atoms with E-state index in [2.05, 4.69) is 4.74 Å². The summed E-state index contributed by atoms with van der Waals surface area (Å²) in [5.74, 6) is 1.08. The van der Waals surface area contributed by atoms with Crippen molar-refractivity contribution in [3.8, 4) is 12.3 Å². The standard InChI is InChI=1S/C6H9NO2/c1-3-5(7)9-6(8)4-2/h2,5H,3,7H2,1H3. The predicted octanol–water partition coefficient (Wildman–Crippen LogP) is -0.142. The molecule has 0 saturated heterocycles. The van der Waals surface area contributed by atoms with Gasteiger partial charge in [-0.3, -0.25) is 5.73 Å². The minimum Gasteiger partial charge on any atom is -0.437 e. The third-order valence-corrected chi connectivity index (χ3v) is 0.779. The molecule has 3 nitrogen and oxygen atoms in total. The molecule has 50 valence electrons. The molecule has 0 aromatic rings. The molecule has 0 bridgehead atoms. The van der Waals surface area contributed by atoms with E-state index in [0.29, 0.717) is 6.42 Å². The van der Waals surface area contributed by atoms with Gasteiger partial charge >= 0.3 is 5.97 Å². The number of nitrogens with two attached hydrogens (primary N) is 1. The molecular weight excluding hydrogens is 118 g/mol. The summed E-state index contributed by atoms with van der Waals surface area (Å²) in [7, 11) is 0. The fourth-order valence-corrected chi connectivity index (χ4v) is 0.255. The van der Waals surface area contributed by atoms with Crippen molar-refractivity contribution in [2.45, 2.75) is 19.6 Å². The fourth-order valence-electron chi connectivity index (χ4n) is 0.255. The Morgan fingerprint density at radius 1 is 2.00 bits per heavy atom. The van der Waals surface area contributed by atoms with Crippen LogP contribution in [-0.4, -0.2) is 12.2 Å². The summed E-state index contributed by atoms with van der Waals surface area (Å²) in [5.41, 5.74) is 5.21. The van der Waals surface area contributed by atoms with Gasteiger partial charge in [-0.1, -0.05) is 6.92 Å². The maximum atomic E-state index is 10.2. The molecule has 0 aliphatic rings. The van der Waals surface area contributed by atoms with E-state index >= 15 is 0 Å². The second kappa shape index (κ2) is 3.93. The van der Waals surface area contributed by atoms with Crippen LogP contribution in [0.5, 0.6) is 0 Å². The van der Waals surface area contributed by atoms with Crippen molar-refractivity contribution in [2.75, 3.05) is 0 Å². The Bertz CT molecular complexity index is 136. The SMILES string of the molecule is C#CC(=O)OC(N)CC. The third-order valence-electron chi connectivity index (χ3n) is 0.779. The Morgan fingerprint density at radius 2 is 2.56 bits per heavy atom. The van der Waals surface area contributed by atoms with Crippen molar-refractivity contribution in [3.05, 3.63) is 0 Å². The summed E-state index contributed by atoms with van der Waals surface area (Å²) >= 11 is 0. The molecule has 0 aromatic heterocycles. The van der Waals surface area contributed by atoms with Crippen LogP contribution in [0.1, 0.15) is 13.3 Å². The quantitative estimate of drug-likeness (QED) is 0.243. The third kappa shape index (κ3) is 3.56. The van der Waals surface area contributed by atoms with E-state index in [1.54, 1.807) is 12.8 Å². The van der Waals surface area contributed by atoms with Crippen molar-refractivity contribution in [2.24, 2.45) is 5.73 Å². The van der Waals surface area contributed by atoms with Crippen LogP contribution < -0.4 is 5.73 Å². The zero-order chi connectivity index (χ0) is 7.28. The minimum atomic E-state index is -0.704. The molecule has 0 rings (SSSR count). The molecule has 1 atom stereocenters. The molecule has 0 spiro atoms. The Labute approximate surface area is 54.2 Å². The number of carbonyl (C=O) groups excluding carboxylic acids is 1. The van der Waals surface area contributed by atoms with Gasteiger partial charge in [0.05, 0.1) is 0 Å². The largest absolute Gasteiger partial charge is 0.437 e. The van der Waals surface area contributed by atoms with Crippen LogP contribution in [0.15, 0.2) is 0 Å². The summed E-state index contributed by atoms with van der Waals surface area (Å²) in [6.45, 7) is 1.80. The van der Waals surface area contributed by atoms with Crippen molar-refractivity contribution in [3.63, 3.8) is 0 Å². The molecule has 0 heterocycles. The highest BCUT2D eigenvalue weighted by molar-refractivity contribution is 5.87. The van der Waals surface area contributed by atoms with E-state index in [-0.39, 0.29) is 0 Å². The highest BCUT2D eigenvalue weighted by Crippen LogP contribution is 1.87. The van der Waals surface area contributed by atoms with Crippen LogP contribution in [0.4, 0.5) is 0 Å². The Hall–Kier alpha value is -1.01. The normalized spacial score (nSPS) is 11.7. The van der Waals surface area contributed by atoms with E-state index < -0.39 is 12.2 Å². The summed E-state index contributed by atoms with van der Waals surface area (Å²) < 4.78 is 4.45. The molecule has 0 amide bonds. The zero-order valence-electron chi connectivity index (χ0n) is 5.26. The number of hydrogen-bond donors (Lipinski definition) is 1. The number of carbonyl (C=O) groups is 1. The van der Waals surface area contributed by atoms with E-state index in [1.807, 2.05) is 0 Å². The summed E-state index contributed by atoms with van der Waals surface area (Å²) in [5, 5.41) is 0. The lowest BCUT2D eigenvalue weighted by Crippen LogP contribution is -2.25. The minimum absolute atomic E-state index is 0.562. The highest BCUT2D eigenvalue weighted by Gasteiger charge is 2.02. The first kappa shape index (κ1) is 7.99. The van der Waals surface area contributed by atoms with Crippen molar-refractivity contribution >= 4 is 5.97 Å². The molecule has 0 radical (unpaired) electrons. The van der Waals surface area contributed by atoms with E-state index in [0.717, 1.165) is 0 Å². The first-order valence-corrected chi connectivity index (χ1v) is 2.63. The highest BCUT2D eigenvalue weighted by atomic mass is 16.5. The fraction of sp³-hybridized carbons (Fsp3) is 0.500. The first-order chi connectivity index (χ1) is 4.20. The van der Waals surface area contributed by atoms with Gasteiger partial charge in [0, 0.05) is 5.92 Å². The molecule has 0 aromatic carbocycles. The second-order valence-corrected chi connectivity index (χ2v) is 1.50. The van der Waals surface area contributed by atoms with E-state index in [9.17, 15) is 4.79 Å². The summed E-state index contributed by atoms with van der Waals surface area (Å²) in [6, 6.07) is 0. The van der Waals surface area contributed by atoms with Gasteiger partial charge in [0.2, 0.25) is 0 Å². The lowest BCUT2D eigenvalue weighted by Gasteiger charge is -2.05. The van der Waals surface area contributed by atoms with E-state index in [4.69, 9.17) is 12.2 Å². The summed E-state index contributed by atoms with van der Waals surface area (Å²) in [4.78, 5) is 10.2. The molecule has 3 heteroatoms. The van der Waals surface area contributed by atoms with Crippen LogP contribution in [0, 0.1) is 12.3 Å². The summed E-state index contributed by atoms with van der Waals surface area (Å²) in [6.07, 6.45) is 4.71. The molecule has 2 N–H and O–H groups in total. The maximum Gasteiger partial charge on any atom is 0.385 e. The molecule has 0 saturated carbocycles. The maximum absolute atomic E-state index is 10.2. The Balaban J connectivity index is 3.50. The van der Waals surface area contributed by atoms with Gasteiger partial charge in [-0.05, 0) is 6.42 Å². The predicted molar refractivity (Wildman–Crippen MR) is 33.2 cm³/mol. The molecular formula is C6H9NO2. The smallest absolute Gasteiger partial charge is 0.385 e. The lowest BCUT2D eigenvalue weighted by atomic mass is 10.4. The van der Waals surface area contributed by atoms with Gasteiger partial charge in [-0.2, -0.15) is 0 Å². The van der Waals surface area contributed by atoms with Gasteiger partial charge < -0.3 is 4.74 Å². The molecule has 0 fully saturated rings. The van der Waals surface area contributed by atoms with E-state index in [1.165, 1.54) is 0 Å². The molecule has 0 aliphatic heterocycles. The zero-order valence-corrected chi connectivity index (χ0v) is 5.26. The molecule has 9 heavy (non-hydrogen) atoms. The topological polar surface area (TPSA) is 52.3 Å². The van der Waals surface area contributed by atoms with Gasteiger partial charge in [-0.25, -0.2) is 4.79 Å². The van der Waals surface area contributed by atoms with Gasteiger partial charge in [0.25, 0.3) is 0 Å². The van der Waals surface area contributed by atoms with Crippen molar-refractivity contribution in [1.29, 1.82) is 0 Å². The van der Waals surface area contributed by atoms with Crippen molar-refractivity contribution in [1.82, 2.24) is 0 Å². The van der Waals surface area contributed by atoms with Gasteiger partial charge in [-0.15, -0.1) is 6.42 Å². The monoisotopic (exact) mass is 127 g/mol. The van der Waals surface area contributed by atoms with Crippen LogP contribution in [0.2, 0.25) is 0 Å². The number of hydrogen-bond acceptors (Lipinski definition) is 3. The first-order valence-electron chi connectivity index (χ1n) is 2.63. The van der Waals surface area contributed by atoms with Crippen LogP contribution in [0.25, 0.3) is 0 Å². The number of esters is 1. The Kier molecular flexibility index (Phi) is 3.49. The average molecular weight is 127 g/mol. The average Bonchev–Trinajstić information content (AvgIpc) is 1.87. The van der Waals surface area contributed by atoms with Crippen LogP contribution >= 0.6 is 0 Å². The van der Waals surface area contributed by atoms with Gasteiger partial charge in [0.1, 0.15) is 0 Å². The number of rotatable bonds is 2. The van der Waals surface area contributed by atoms with Gasteiger partial charge in [0.15, 0.2) is 6.23 Å². The van der Waals surface area contributed by atoms with Crippen LogP contribution in [0.3, 0.4) is 0 Å². The number of ether oxygens (including phenoxy) is 1.